The molecule has 21 aromatic rings. The van der Waals surface area contributed by atoms with E-state index in [4.69, 9.17) is 0 Å². The van der Waals surface area contributed by atoms with Crippen LogP contribution >= 0.6 is 0 Å². The topological polar surface area (TPSA) is 9.72 Å². The molecular formula is C119H86BN3. The van der Waals surface area contributed by atoms with Crippen molar-refractivity contribution in [2.75, 3.05) is 27.8 Å². The Balaban J connectivity index is 0.744. The maximum atomic E-state index is 2.99. The molecule has 6 aliphatic rings. The third-order valence-corrected chi connectivity index (χ3v) is 29.3. The standard InChI is InChI=1S/C119H86BN3/c1-7-25-76(26-8-1)86-66-105(78-29-11-3-12-30-78)93(106(67-86)79-31-13-4-14-32-79)57-59-121-111-55-49-84(91-51-53-103-99-43-21-39-82-37-19-41-97(115(82)99)101-47-23-45-95(91)117(101)103)70-109(111)120-110-71-85(92-52-54-104-100-44-22-40-83-38-20-42-98(116(83)100)102-48-24-46-96(92)118(102)104)50-56-112(110)122(114-73-90(72-113(121)119(114)120)123-88-62-74-61-75(64-88)65-89(123)63-74)60-58-94-107(80-33-15-5-16-34-80)68-87(77-27-9-2-10-28-77)69-108(94)81-35-17-6-18-36-81/h1-56,66-75,88-89H,57-65H2. The molecule has 27 rings (SSSR count). The van der Waals surface area contributed by atoms with Crippen LogP contribution in [-0.2, 0) is 12.8 Å². The molecule has 0 radical (unpaired) electrons. The van der Waals surface area contributed by atoms with E-state index in [9.17, 15) is 0 Å². The molecular weight excluding hydrogens is 1480 g/mol. The smallest absolute Gasteiger partial charge is 0.252 e. The second-order valence-corrected chi connectivity index (χ2v) is 35.8. The highest BCUT2D eigenvalue weighted by atomic mass is 15.2. The molecule has 0 spiro atoms. The lowest BCUT2D eigenvalue weighted by atomic mass is 9.33. The van der Waals surface area contributed by atoms with Gasteiger partial charge in [-0.15, -0.1) is 0 Å². The second-order valence-electron chi connectivity index (χ2n) is 35.8. The molecule has 123 heavy (non-hydrogen) atoms. The fourth-order valence-electron chi connectivity index (χ4n) is 24.3. The molecule has 2 saturated heterocycles. The van der Waals surface area contributed by atoms with Gasteiger partial charge in [-0.3, -0.25) is 0 Å². The Morgan fingerprint density at radius 1 is 0.228 bits per heavy atom. The highest BCUT2D eigenvalue weighted by Crippen LogP contribution is 2.55. The van der Waals surface area contributed by atoms with Crippen LogP contribution in [0.5, 0.6) is 0 Å². The minimum atomic E-state index is -0.182. The minimum absolute atomic E-state index is 0.182. The summed E-state index contributed by atoms with van der Waals surface area (Å²) in [5.41, 5.74) is 33.1. The summed E-state index contributed by atoms with van der Waals surface area (Å²) in [5, 5.41) is 20.9. The summed E-state index contributed by atoms with van der Waals surface area (Å²) < 4.78 is 0. The first kappa shape index (κ1) is 70.5. The number of hydrogen-bond acceptors (Lipinski definition) is 3. The molecule has 4 fully saturated rings. The maximum absolute atomic E-state index is 2.99. The van der Waals surface area contributed by atoms with Crippen LogP contribution in [0.4, 0.5) is 28.4 Å². The van der Waals surface area contributed by atoms with Gasteiger partial charge in [0.05, 0.1) is 0 Å². The molecule has 4 bridgehead atoms. The van der Waals surface area contributed by atoms with Gasteiger partial charge in [0.15, 0.2) is 0 Å². The average molecular weight is 1570 g/mol. The van der Waals surface area contributed by atoms with Crippen LogP contribution < -0.4 is 31.1 Å². The van der Waals surface area contributed by atoms with Crippen LogP contribution in [0, 0.1) is 11.8 Å². The van der Waals surface area contributed by atoms with Gasteiger partial charge in [0.25, 0.3) is 6.71 Å². The normalized spacial score (nSPS) is 16.4. The molecule has 4 heteroatoms. The van der Waals surface area contributed by atoms with E-state index in [1.807, 2.05) is 0 Å². The average Bonchev–Trinajstić information content (AvgIpc) is 0.688. The Morgan fingerprint density at radius 3 is 0.902 bits per heavy atom. The highest BCUT2D eigenvalue weighted by Gasteiger charge is 2.49. The van der Waals surface area contributed by atoms with Crippen molar-refractivity contribution in [1.29, 1.82) is 0 Å². The van der Waals surface area contributed by atoms with E-state index in [0.29, 0.717) is 12.1 Å². The van der Waals surface area contributed by atoms with Crippen LogP contribution in [0.25, 0.3) is 175 Å². The Labute approximate surface area is 717 Å². The molecule has 0 amide bonds. The van der Waals surface area contributed by atoms with E-state index in [1.54, 1.807) is 0 Å². The number of benzene rings is 21. The molecule has 2 aliphatic carbocycles. The highest BCUT2D eigenvalue weighted by molar-refractivity contribution is 7.00. The molecule has 21 aromatic carbocycles. The zero-order valence-electron chi connectivity index (χ0n) is 68.5. The fourth-order valence-corrected chi connectivity index (χ4v) is 24.3. The summed E-state index contributed by atoms with van der Waals surface area (Å²) in [6, 6.07) is 151. The third kappa shape index (κ3) is 11.2. The number of hydrogen-bond donors (Lipinski definition) is 0. The van der Waals surface area contributed by atoms with Crippen LogP contribution in [0.3, 0.4) is 0 Å². The number of nitrogens with zero attached hydrogens (tertiary/aromatic N) is 3. The molecule has 0 atom stereocenters. The van der Waals surface area contributed by atoms with Crippen LogP contribution in [-0.4, -0.2) is 31.9 Å². The van der Waals surface area contributed by atoms with Gasteiger partial charge in [0, 0.05) is 53.6 Å². The number of piperidine rings is 2. The first-order chi connectivity index (χ1) is 61.0. The van der Waals surface area contributed by atoms with Gasteiger partial charge in [-0.2, -0.15) is 0 Å². The Bertz CT molecular complexity index is 7130. The van der Waals surface area contributed by atoms with Crippen molar-refractivity contribution in [2.24, 2.45) is 11.8 Å². The van der Waals surface area contributed by atoms with Gasteiger partial charge in [-0.1, -0.05) is 340 Å². The van der Waals surface area contributed by atoms with Gasteiger partial charge in [-0.05, 0) is 308 Å². The molecule has 4 heterocycles. The van der Waals surface area contributed by atoms with Crippen molar-refractivity contribution in [3.05, 3.63) is 399 Å². The Hall–Kier alpha value is -14.3. The van der Waals surface area contributed by atoms with Crippen LogP contribution in [0.2, 0.25) is 0 Å². The van der Waals surface area contributed by atoms with Gasteiger partial charge in [0.2, 0.25) is 0 Å². The van der Waals surface area contributed by atoms with Gasteiger partial charge in [-0.25, -0.2) is 0 Å². The van der Waals surface area contributed by atoms with E-state index in [1.165, 1.54) is 263 Å². The zero-order valence-corrected chi connectivity index (χ0v) is 68.5. The van der Waals surface area contributed by atoms with Crippen molar-refractivity contribution in [1.82, 2.24) is 0 Å². The monoisotopic (exact) mass is 1570 g/mol. The predicted octanol–water partition coefficient (Wildman–Crippen LogP) is 28.8. The largest absolute Gasteiger partial charge is 0.365 e. The maximum Gasteiger partial charge on any atom is 0.252 e. The molecule has 3 nitrogen and oxygen atoms in total. The second kappa shape index (κ2) is 28.1. The first-order valence-corrected chi connectivity index (χ1v) is 44.6. The lowest BCUT2D eigenvalue weighted by Gasteiger charge is -2.58. The molecule has 2 saturated carbocycles. The summed E-state index contributed by atoms with van der Waals surface area (Å²) in [6.07, 6.45) is 7.98. The Kier molecular flexibility index (Phi) is 16.1. The zero-order chi connectivity index (χ0) is 80.5. The lowest BCUT2D eigenvalue weighted by Crippen LogP contribution is -2.63. The van der Waals surface area contributed by atoms with E-state index >= 15 is 0 Å². The third-order valence-electron chi connectivity index (χ3n) is 29.3. The van der Waals surface area contributed by atoms with Crippen molar-refractivity contribution >= 4 is 138 Å². The van der Waals surface area contributed by atoms with Gasteiger partial charge < -0.3 is 14.7 Å². The molecule has 0 N–H and O–H groups in total. The van der Waals surface area contributed by atoms with E-state index < -0.39 is 0 Å². The summed E-state index contributed by atoms with van der Waals surface area (Å²) in [5.74, 6) is 1.58. The lowest BCUT2D eigenvalue weighted by molar-refractivity contribution is 0.0900. The quantitative estimate of drug-likeness (QED) is 0.0575. The van der Waals surface area contributed by atoms with Crippen molar-refractivity contribution < 1.29 is 0 Å². The van der Waals surface area contributed by atoms with Gasteiger partial charge in [0.1, 0.15) is 0 Å². The summed E-state index contributed by atoms with van der Waals surface area (Å²) >= 11 is 0. The molecule has 0 aromatic heterocycles. The number of rotatable bonds is 15. The predicted molar refractivity (Wildman–Crippen MR) is 524 cm³/mol. The summed E-state index contributed by atoms with van der Waals surface area (Å²) in [4.78, 5) is 8.69. The van der Waals surface area contributed by atoms with Crippen molar-refractivity contribution in [3.63, 3.8) is 0 Å². The van der Waals surface area contributed by atoms with E-state index in [2.05, 4.69) is 403 Å². The number of anilines is 5. The van der Waals surface area contributed by atoms with E-state index in [-0.39, 0.29) is 6.71 Å². The molecule has 4 aliphatic heterocycles. The molecule has 580 valence electrons. The molecule has 0 unspecified atom stereocenters. The van der Waals surface area contributed by atoms with Gasteiger partial charge >= 0.3 is 0 Å². The summed E-state index contributed by atoms with van der Waals surface area (Å²) in [6.45, 7) is 1.27. The first-order valence-electron chi connectivity index (χ1n) is 44.6. The van der Waals surface area contributed by atoms with Crippen LogP contribution in [0.1, 0.15) is 43.2 Å². The van der Waals surface area contributed by atoms with E-state index in [0.717, 1.165) is 37.8 Å². The fraction of sp³-hybridized carbons (Fsp3) is 0.109. The van der Waals surface area contributed by atoms with Crippen LogP contribution in [0.15, 0.2) is 388 Å². The Morgan fingerprint density at radius 2 is 0.545 bits per heavy atom. The van der Waals surface area contributed by atoms with Crippen molar-refractivity contribution in [2.45, 2.75) is 57.0 Å². The van der Waals surface area contributed by atoms with Crippen molar-refractivity contribution in [3.8, 4) is 89.0 Å². The SMILES string of the molecule is c1ccc(-c2cc(-c3ccccc3)c(CCN3c4ccc(-c5ccc6c7cccc8cccc(c9cccc5c96)c87)cc4B4c5cc(-c6ccc7c8cccc9cccc(c%10cccc6c%107)c98)ccc5N(CCc5c(-c6ccccc6)cc(-c6ccccc6)cc5-c5ccccc5)c5cc(N6C7CC8CC(C7)CC6C8)cc3c54)c(-c3ccccc3)c2)cc1. The minimum Gasteiger partial charge on any atom is -0.365 e. The summed E-state index contributed by atoms with van der Waals surface area (Å²) in [7, 11) is 0. The number of fused-ring (bicyclic) bond motifs is 8.